The quantitative estimate of drug-likeness (QED) is 0.734. The number of carbonyl (C=O) groups is 2. The Morgan fingerprint density at radius 1 is 0.966 bits per heavy atom. The summed E-state index contributed by atoms with van der Waals surface area (Å²) in [5.74, 6) is -0.340. The molecule has 0 bridgehead atoms. The van der Waals surface area contributed by atoms with Crippen LogP contribution in [0.2, 0.25) is 0 Å². The first kappa shape index (κ1) is 20.7. The number of carboxylic acids is 1. The Labute approximate surface area is 171 Å². The molecule has 0 unspecified atom stereocenters. The van der Waals surface area contributed by atoms with E-state index in [4.69, 9.17) is 4.74 Å². The molecule has 0 atom stereocenters. The molecule has 1 amide bonds. The first-order valence-electron chi connectivity index (χ1n) is 9.70. The maximum absolute atomic E-state index is 12.8. The highest BCUT2D eigenvalue weighted by Crippen LogP contribution is 2.19. The van der Waals surface area contributed by atoms with Crippen molar-refractivity contribution in [3.05, 3.63) is 60.2 Å². The summed E-state index contributed by atoms with van der Waals surface area (Å²) in [6.07, 6.45) is 0. The van der Waals surface area contributed by atoms with Crippen molar-refractivity contribution in [2.45, 2.75) is 6.54 Å². The number of carbonyl (C=O) groups excluding carboxylic acids is 1. The molecule has 2 aromatic carbocycles. The normalized spacial score (nSPS) is 14.4. The molecule has 3 rings (SSSR count). The predicted molar refractivity (Wildman–Crippen MR) is 111 cm³/mol. The number of anilines is 1. The van der Waals surface area contributed by atoms with Crippen LogP contribution in [0.15, 0.2) is 54.6 Å². The van der Waals surface area contributed by atoms with Gasteiger partial charge in [-0.3, -0.25) is 14.5 Å². The number of carboxylic acid groups (broad SMARTS) is 1. The summed E-state index contributed by atoms with van der Waals surface area (Å²) in [5.41, 5.74) is 1.95. The third-order valence-electron chi connectivity index (χ3n) is 5.06. The number of amides is 1. The average molecular weight is 397 g/mol. The standard InChI is InChI=1S/C22H27N3O4/c1-29-20-9-7-19(8-10-20)25(17-22(27)28)16-21(26)24-13-11-23(12-14-24)15-18-5-3-2-4-6-18/h2-10H,11-17H2,1H3,(H,27,28). The van der Waals surface area contributed by atoms with Gasteiger partial charge in [-0.15, -0.1) is 0 Å². The van der Waals surface area contributed by atoms with Crippen molar-refractivity contribution < 1.29 is 19.4 Å². The number of nitrogens with zero attached hydrogens (tertiary/aromatic N) is 3. The molecular weight excluding hydrogens is 370 g/mol. The van der Waals surface area contributed by atoms with E-state index in [0.717, 1.165) is 19.6 Å². The molecule has 1 N–H and O–H groups in total. The van der Waals surface area contributed by atoms with E-state index in [1.807, 2.05) is 23.1 Å². The molecule has 0 radical (unpaired) electrons. The van der Waals surface area contributed by atoms with Crippen LogP contribution in [0.5, 0.6) is 5.75 Å². The van der Waals surface area contributed by atoms with Gasteiger partial charge in [0, 0.05) is 38.4 Å². The van der Waals surface area contributed by atoms with Gasteiger partial charge in [-0.05, 0) is 29.8 Å². The van der Waals surface area contributed by atoms with Gasteiger partial charge in [0.05, 0.1) is 13.7 Å². The minimum absolute atomic E-state index is 0.0390. The SMILES string of the molecule is COc1ccc(N(CC(=O)O)CC(=O)N2CCN(Cc3ccccc3)CC2)cc1. The van der Waals surface area contributed by atoms with Crippen LogP contribution in [0.25, 0.3) is 0 Å². The summed E-state index contributed by atoms with van der Waals surface area (Å²) >= 11 is 0. The summed E-state index contributed by atoms with van der Waals surface area (Å²) < 4.78 is 5.14. The van der Waals surface area contributed by atoms with Crippen molar-refractivity contribution in [1.29, 1.82) is 0 Å². The minimum Gasteiger partial charge on any atom is -0.497 e. The molecule has 29 heavy (non-hydrogen) atoms. The summed E-state index contributed by atoms with van der Waals surface area (Å²) in [6, 6.07) is 17.3. The molecule has 1 aliphatic heterocycles. The van der Waals surface area contributed by atoms with Crippen molar-refractivity contribution in [1.82, 2.24) is 9.80 Å². The largest absolute Gasteiger partial charge is 0.497 e. The van der Waals surface area contributed by atoms with Crippen molar-refractivity contribution >= 4 is 17.6 Å². The molecule has 1 fully saturated rings. The van der Waals surface area contributed by atoms with E-state index in [1.54, 1.807) is 36.3 Å². The second kappa shape index (κ2) is 9.93. The van der Waals surface area contributed by atoms with Gasteiger partial charge in [0.25, 0.3) is 0 Å². The van der Waals surface area contributed by atoms with Crippen LogP contribution in [0.1, 0.15) is 5.56 Å². The van der Waals surface area contributed by atoms with Crippen LogP contribution in [-0.2, 0) is 16.1 Å². The smallest absolute Gasteiger partial charge is 0.323 e. The number of piperazine rings is 1. The Morgan fingerprint density at radius 3 is 2.21 bits per heavy atom. The van der Waals surface area contributed by atoms with Gasteiger partial charge in [0.1, 0.15) is 12.3 Å². The fourth-order valence-electron chi connectivity index (χ4n) is 3.46. The molecular formula is C22H27N3O4. The van der Waals surface area contributed by atoms with Gasteiger partial charge in [-0.25, -0.2) is 0 Å². The first-order chi connectivity index (χ1) is 14.0. The Balaban J connectivity index is 1.56. The van der Waals surface area contributed by atoms with Gasteiger partial charge in [0.2, 0.25) is 5.91 Å². The van der Waals surface area contributed by atoms with Crippen molar-refractivity contribution in [2.75, 3.05) is 51.3 Å². The number of hydrogen-bond acceptors (Lipinski definition) is 5. The number of aliphatic carboxylic acids is 1. The lowest BCUT2D eigenvalue weighted by Crippen LogP contribution is -2.51. The topological polar surface area (TPSA) is 73.3 Å². The Hall–Kier alpha value is -3.06. The third kappa shape index (κ3) is 5.96. The second-order valence-electron chi connectivity index (χ2n) is 7.09. The molecule has 0 aromatic heterocycles. The van der Waals surface area contributed by atoms with E-state index in [9.17, 15) is 14.7 Å². The highest BCUT2D eigenvalue weighted by molar-refractivity contribution is 5.84. The maximum atomic E-state index is 12.8. The van der Waals surface area contributed by atoms with Crippen LogP contribution >= 0.6 is 0 Å². The monoisotopic (exact) mass is 397 g/mol. The second-order valence-corrected chi connectivity index (χ2v) is 7.09. The van der Waals surface area contributed by atoms with E-state index in [2.05, 4.69) is 17.0 Å². The molecule has 154 valence electrons. The van der Waals surface area contributed by atoms with Crippen LogP contribution in [0, 0.1) is 0 Å². The van der Waals surface area contributed by atoms with Gasteiger partial charge in [-0.2, -0.15) is 0 Å². The van der Waals surface area contributed by atoms with Crippen LogP contribution in [0.3, 0.4) is 0 Å². The molecule has 7 nitrogen and oxygen atoms in total. The molecule has 0 saturated carbocycles. The molecule has 1 aliphatic rings. The molecule has 1 heterocycles. The molecule has 0 spiro atoms. The zero-order chi connectivity index (χ0) is 20.6. The zero-order valence-electron chi connectivity index (χ0n) is 16.7. The van der Waals surface area contributed by atoms with Crippen molar-refractivity contribution in [3.63, 3.8) is 0 Å². The van der Waals surface area contributed by atoms with Crippen molar-refractivity contribution in [3.8, 4) is 5.75 Å². The zero-order valence-corrected chi connectivity index (χ0v) is 16.7. The fraction of sp³-hybridized carbons (Fsp3) is 0.364. The minimum atomic E-state index is -0.971. The molecule has 2 aromatic rings. The number of hydrogen-bond donors (Lipinski definition) is 1. The highest BCUT2D eigenvalue weighted by atomic mass is 16.5. The van der Waals surface area contributed by atoms with Crippen LogP contribution in [-0.4, -0.2) is 73.2 Å². The first-order valence-corrected chi connectivity index (χ1v) is 9.70. The van der Waals surface area contributed by atoms with E-state index in [-0.39, 0.29) is 19.0 Å². The number of rotatable bonds is 8. The fourth-order valence-corrected chi connectivity index (χ4v) is 3.46. The Bertz CT molecular complexity index is 803. The van der Waals surface area contributed by atoms with Crippen LogP contribution in [0.4, 0.5) is 5.69 Å². The van der Waals surface area contributed by atoms with Crippen molar-refractivity contribution in [2.24, 2.45) is 0 Å². The Morgan fingerprint density at radius 2 is 1.62 bits per heavy atom. The Kier molecular flexibility index (Phi) is 7.08. The number of ether oxygens (including phenoxy) is 1. The lowest BCUT2D eigenvalue weighted by atomic mass is 10.2. The van der Waals surface area contributed by atoms with Crippen LogP contribution < -0.4 is 9.64 Å². The number of methoxy groups -OCH3 is 1. The van der Waals surface area contributed by atoms with Gasteiger partial charge < -0.3 is 19.6 Å². The summed E-state index contributed by atoms with van der Waals surface area (Å²) in [6.45, 7) is 3.60. The molecule has 0 aliphatic carbocycles. The van der Waals surface area contributed by atoms with Gasteiger partial charge >= 0.3 is 5.97 Å². The summed E-state index contributed by atoms with van der Waals surface area (Å²) in [7, 11) is 1.57. The van der Waals surface area contributed by atoms with E-state index >= 15 is 0 Å². The lowest BCUT2D eigenvalue weighted by Gasteiger charge is -2.36. The molecule has 1 saturated heterocycles. The lowest BCUT2D eigenvalue weighted by molar-refractivity contribution is -0.135. The van der Waals surface area contributed by atoms with Gasteiger partial charge in [0.15, 0.2) is 0 Å². The third-order valence-corrected chi connectivity index (χ3v) is 5.06. The average Bonchev–Trinajstić information content (AvgIpc) is 2.74. The number of benzene rings is 2. The summed E-state index contributed by atoms with van der Waals surface area (Å²) in [4.78, 5) is 29.8. The predicted octanol–water partition coefficient (Wildman–Crippen LogP) is 1.93. The highest BCUT2D eigenvalue weighted by Gasteiger charge is 2.24. The molecule has 7 heteroatoms. The van der Waals surface area contributed by atoms with E-state index in [1.165, 1.54) is 5.56 Å². The summed E-state index contributed by atoms with van der Waals surface area (Å²) in [5, 5.41) is 9.25. The maximum Gasteiger partial charge on any atom is 0.323 e. The van der Waals surface area contributed by atoms with Gasteiger partial charge in [-0.1, -0.05) is 30.3 Å². The van der Waals surface area contributed by atoms with E-state index < -0.39 is 5.97 Å². The van der Waals surface area contributed by atoms with E-state index in [0.29, 0.717) is 24.5 Å².